The summed E-state index contributed by atoms with van der Waals surface area (Å²) >= 11 is 0. The van der Waals surface area contributed by atoms with E-state index < -0.39 is 0 Å². The van der Waals surface area contributed by atoms with E-state index in [1.165, 1.54) is 6.33 Å². The zero-order chi connectivity index (χ0) is 8.27. The van der Waals surface area contributed by atoms with E-state index in [-0.39, 0.29) is 0 Å². The molecule has 4 heteroatoms. The molecule has 3 N–H and O–H groups in total. The van der Waals surface area contributed by atoms with Crippen LogP contribution in [0.15, 0.2) is 6.33 Å². The summed E-state index contributed by atoms with van der Waals surface area (Å²) in [5.41, 5.74) is 7.13. The number of nitrogens with two attached hydrogens (primary N) is 1. The maximum Gasteiger partial charge on any atom is 0.152 e. The maximum absolute atomic E-state index is 5.68. The van der Waals surface area contributed by atoms with Crippen LogP contribution in [0.2, 0.25) is 0 Å². The highest BCUT2D eigenvalue weighted by molar-refractivity contribution is 5.62. The summed E-state index contributed by atoms with van der Waals surface area (Å²) in [5.74, 6) is 0.722. The van der Waals surface area contributed by atoms with E-state index >= 15 is 0 Å². The van der Waals surface area contributed by atoms with Crippen molar-refractivity contribution in [1.82, 2.24) is 9.97 Å². The van der Waals surface area contributed by atoms with Crippen molar-refractivity contribution in [2.24, 2.45) is 0 Å². The summed E-state index contributed by atoms with van der Waals surface area (Å²) in [5, 5.41) is 3.04. The topological polar surface area (TPSA) is 63.8 Å². The Kier molecular flexibility index (Phi) is 2.25. The second-order valence-corrected chi connectivity index (χ2v) is 2.25. The van der Waals surface area contributed by atoms with Crippen molar-refractivity contribution in [3.63, 3.8) is 0 Å². The number of nitrogens with one attached hydrogen (secondary N) is 1. The number of aromatic nitrogens is 2. The minimum Gasteiger partial charge on any atom is -0.394 e. The highest BCUT2D eigenvalue weighted by Crippen LogP contribution is 2.15. The molecule has 1 heterocycles. The molecule has 1 aromatic heterocycles. The molecule has 0 aliphatic heterocycles. The van der Waals surface area contributed by atoms with E-state index in [1.807, 2.05) is 13.8 Å². The molecule has 1 aromatic rings. The molecular weight excluding hydrogens is 140 g/mol. The second-order valence-electron chi connectivity index (χ2n) is 2.25. The lowest BCUT2D eigenvalue weighted by Crippen LogP contribution is -2.05. The van der Waals surface area contributed by atoms with Crippen LogP contribution in [0.25, 0.3) is 0 Å². The number of hydrogen-bond donors (Lipinski definition) is 2. The number of aryl methyl sites for hydroxylation is 1. The van der Waals surface area contributed by atoms with Crippen LogP contribution >= 0.6 is 0 Å². The molecule has 0 aromatic carbocycles. The first-order chi connectivity index (χ1) is 5.25. The minimum absolute atomic E-state index is 0.634. The summed E-state index contributed by atoms with van der Waals surface area (Å²) in [7, 11) is 0. The third-order valence-corrected chi connectivity index (χ3v) is 1.43. The third kappa shape index (κ3) is 1.58. The molecule has 0 saturated heterocycles. The zero-order valence-electron chi connectivity index (χ0n) is 6.76. The molecule has 60 valence electrons. The van der Waals surface area contributed by atoms with E-state index in [0.29, 0.717) is 5.69 Å². The lowest BCUT2D eigenvalue weighted by atomic mass is 10.3. The van der Waals surface area contributed by atoms with Crippen LogP contribution in [-0.4, -0.2) is 16.5 Å². The number of nitrogens with zero attached hydrogens (tertiary/aromatic N) is 2. The zero-order valence-corrected chi connectivity index (χ0v) is 6.76. The Hall–Kier alpha value is -1.32. The minimum atomic E-state index is 0.634. The van der Waals surface area contributed by atoms with Crippen LogP contribution in [0.4, 0.5) is 11.5 Å². The lowest BCUT2D eigenvalue weighted by molar-refractivity contribution is 1.08. The van der Waals surface area contributed by atoms with Crippen molar-refractivity contribution in [2.45, 2.75) is 13.8 Å². The van der Waals surface area contributed by atoms with Gasteiger partial charge in [0.25, 0.3) is 0 Å². The Morgan fingerprint density at radius 3 is 2.91 bits per heavy atom. The Morgan fingerprint density at radius 2 is 2.27 bits per heavy atom. The summed E-state index contributed by atoms with van der Waals surface area (Å²) in [6.07, 6.45) is 1.50. The van der Waals surface area contributed by atoms with Crippen LogP contribution in [0.5, 0.6) is 0 Å². The van der Waals surface area contributed by atoms with Gasteiger partial charge in [0.2, 0.25) is 0 Å². The Bertz CT molecular complexity index is 246. The van der Waals surface area contributed by atoms with Gasteiger partial charge < -0.3 is 11.1 Å². The maximum atomic E-state index is 5.68. The summed E-state index contributed by atoms with van der Waals surface area (Å²) < 4.78 is 0. The fraction of sp³-hybridized carbons (Fsp3) is 0.429. The molecule has 0 spiro atoms. The van der Waals surface area contributed by atoms with Gasteiger partial charge in [0, 0.05) is 6.54 Å². The molecule has 0 fully saturated rings. The number of rotatable bonds is 2. The summed E-state index contributed by atoms with van der Waals surface area (Å²) in [6, 6.07) is 0. The summed E-state index contributed by atoms with van der Waals surface area (Å²) in [6.45, 7) is 4.68. The molecule has 0 radical (unpaired) electrons. The van der Waals surface area contributed by atoms with E-state index in [4.69, 9.17) is 5.73 Å². The Labute approximate surface area is 65.9 Å². The van der Waals surface area contributed by atoms with Crippen LogP contribution in [-0.2, 0) is 0 Å². The average molecular weight is 152 g/mol. The van der Waals surface area contributed by atoms with Crippen molar-refractivity contribution >= 4 is 11.5 Å². The van der Waals surface area contributed by atoms with Gasteiger partial charge in [0.05, 0.1) is 11.4 Å². The highest BCUT2D eigenvalue weighted by atomic mass is 15.0. The van der Waals surface area contributed by atoms with Crippen LogP contribution < -0.4 is 11.1 Å². The third-order valence-electron chi connectivity index (χ3n) is 1.43. The average Bonchev–Trinajstić information content (AvgIpc) is 1.99. The van der Waals surface area contributed by atoms with E-state index in [0.717, 1.165) is 18.1 Å². The van der Waals surface area contributed by atoms with Crippen molar-refractivity contribution in [3.8, 4) is 0 Å². The molecule has 0 aliphatic rings. The number of nitrogen functional groups attached to an aromatic ring is 1. The molecule has 0 bridgehead atoms. The van der Waals surface area contributed by atoms with Gasteiger partial charge in [-0.25, -0.2) is 9.97 Å². The Balaban J connectivity index is 2.96. The van der Waals surface area contributed by atoms with Gasteiger partial charge in [0.15, 0.2) is 5.82 Å². The molecule has 1 rings (SSSR count). The van der Waals surface area contributed by atoms with Crippen LogP contribution in [0, 0.1) is 6.92 Å². The first-order valence-electron chi connectivity index (χ1n) is 3.56. The van der Waals surface area contributed by atoms with E-state index in [2.05, 4.69) is 15.3 Å². The number of anilines is 2. The molecule has 0 aliphatic carbocycles. The quantitative estimate of drug-likeness (QED) is 0.658. The monoisotopic (exact) mass is 152 g/mol. The van der Waals surface area contributed by atoms with Crippen LogP contribution in [0.3, 0.4) is 0 Å². The van der Waals surface area contributed by atoms with Crippen molar-refractivity contribution in [2.75, 3.05) is 17.6 Å². The fourth-order valence-electron chi connectivity index (χ4n) is 0.792. The second kappa shape index (κ2) is 3.18. The first kappa shape index (κ1) is 7.78. The molecule has 0 amide bonds. The standard InChI is InChI=1S/C7H12N4/c1-3-9-7-6(8)5(2)10-4-11-7/h4H,3,8H2,1-2H3,(H,9,10,11). The molecule has 0 atom stereocenters. The first-order valence-corrected chi connectivity index (χ1v) is 3.56. The van der Waals surface area contributed by atoms with Gasteiger partial charge in [-0.1, -0.05) is 0 Å². The number of hydrogen-bond acceptors (Lipinski definition) is 4. The largest absolute Gasteiger partial charge is 0.394 e. The summed E-state index contributed by atoms with van der Waals surface area (Å²) in [4.78, 5) is 7.93. The molecule has 0 unspecified atom stereocenters. The predicted molar refractivity (Wildman–Crippen MR) is 45.3 cm³/mol. The fourth-order valence-corrected chi connectivity index (χ4v) is 0.792. The van der Waals surface area contributed by atoms with Crippen molar-refractivity contribution in [3.05, 3.63) is 12.0 Å². The van der Waals surface area contributed by atoms with Crippen molar-refractivity contribution < 1.29 is 0 Å². The smallest absolute Gasteiger partial charge is 0.152 e. The Morgan fingerprint density at radius 1 is 1.55 bits per heavy atom. The van der Waals surface area contributed by atoms with Gasteiger partial charge in [-0.05, 0) is 13.8 Å². The molecule has 4 nitrogen and oxygen atoms in total. The SMILES string of the molecule is CCNc1ncnc(C)c1N. The van der Waals surface area contributed by atoms with E-state index in [1.54, 1.807) is 0 Å². The van der Waals surface area contributed by atoms with Gasteiger partial charge in [-0.3, -0.25) is 0 Å². The normalized spacial score (nSPS) is 9.64. The van der Waals surface area contributed by atoms with Crippen molar-refractivity contribution in [1.29, 1.82) is 0 Å². The molecule has 11 heavy (non-hydrogen) atoms. The molecule has 0 saturated carbocycles. The van der Waals surface area contributed by atoms with Gasteiger partial charge in [-0.15, -0.1) is 0 Å². The van der Waals surface area contributed by atoms with Gasteiger partial charge in [-0.2, -0.15) is 0 Å². The molecular formula is C7H12N4. The van der Waals surface area contributed by atoms with Crippen LogP contribution in [0.1, 0.15) is 12.6 Å². The predicted octanol–water partition coefficient (Wildman–Crippen LogP) is 0.799. The highest BCUT2D eigenvalue weighted by Gasteiger charge is 2.00. The van der Waals surface area contributed by atoms with E-state index in [9.17, 15) is 0 Å². The van der Waals surface area contributed by atoms with Gasteiger partial charge in [0.1, 0.15) is 6.33 Å². The lowest BCUT2D eigenvalue weighted by Gasteiger charge is -2.05. The van der Waals surface area contributed by atoms with Gasteiger partial charge >= 0.3 is 0 Å².